The quantitative estimate of drug-likeness (QED) is 0.587. The van der Waals surface area contributed by atoms with Crippen molar-refractivity contribution < 1.29 is 4.79 Å². The summed E-state index contributed by atoms with van der Waals surface area (Å²) in [4.78, 5) is 19.1. The Labute approximate surface area is 161 Å². The van der Waals surface area contributed by atoms with Crippen LogP contribution >= 0.6 is 15.9 Å². The maximum absolute atomic E-state index is 12.3. The van der Waals surface area contributed by atoms with Gasteiger partial charge < -0.3 is 9.47 Å². The molecule has 1 fully saturated rings. The smallest absolute Gasteiger partial charge is 0.223 e. The van der Waals surface area contributed by atoms with Crippen LogP contribution < -0.4 is 0 Å². The predicted octanol–water partition coefficient (Wildman–Crippen LogP) is 4.35. The summed E-state index contributed by atoms with van der Waals surface area (Å²) in [7, 11) is 0. The van der Waals surface area contributed by atoms with Gasteiger partial charge in [0, 0.05) is 36.4 Å². The third-order valence-corrected chi connectivity index (χ3v) is 5.40. The van der Waals surface area contributed by atoms with Crippen LogP contribution in [-0.4, -0.2) is 33.4 Å². The molecule has 0 saturated carbocycles. The molecule has 0 N–H and O–H groups in total. The number of imidazole rings is 1. The van der Waals surface area contributed by atoms with E-state index in [0.717, 1.165) is 27.9 Å². The number of para-hydroxylation sites is 2. The van der Waals surface area contributed by atoms with Crippen molar-refractivity contribution >= 4 is 32.9 Å². The Bertz CT molecular complexity index is 961. The van der Waals surface area contributed by atoms with Gasteiger partial charge in [0.2, 0.25) is 5.91 Å². The highest BCUT2D eigenvalue weighted by Crippen LogP contribution is 2.31. The fourth-order valence-electron chi connectivity index (χ4n) is 3.62. The number of hydrogen-bond donors (Lipinski definition) is 0. The average molecular weight is 410 g/mol. The molecule has 1 aliphatic heterocycles. The van der Waals surface area contributed by atoms with Gasteiger partial charge in [0.25, 0.3) is 0 Å². The van der Waals surface area contributed by atoms with E-state index in [2.05, 4.69) is 57.4 Å². The van der Waals surface area contributed by atoms with E-state index in [0.29, 0.717) is 19.5 Å². The molecule has 2 heterocycles. The molecule has 26 heavy (non-hydrogen) atoms. The lowest BCUT2D eigenvalue weighted by Gasteiger charge is -2.16. The first-order chi connectivity index (χ1) is 12.7. The van der Waals surface area contributed by atoms with Gasteiger partial charge in [-0.1, -0.05) is 46.3 Å². The lowest BCUT2D eigenvalue weighted by Crippen LogP contribution is -2.25. The molecule has 3 aromatic rings. The molecule has 1 amide bonds. The number of aromatic nitrogens is 2. The number of hydrogen-bond acceptors (Lipinski definition) is 2. The van der Waals surface area contributed by atoms with Crippen LogP contribution in [0.1, 0.15) is 23.7 Å². The van der Waals surface area contributed by atoms with E-state index in [1.165, 1.54) is 5.56 Å². The summed E-state index contributed by atoms with van der Waals surface area (Å²) in [6.45, 7) is 5.80. The Balaban J connectivity index is 1.73. The Morgan fingerprint density at radius 3 is 2.73 bits per heavy atom. The van der Waals surface area contributed by atoms with Gasteiger partial charge in [-0.25, -0.2) is 4.98 Å². The van der Waals surface area contributed by atoms with Crippen LogP contribution in [0, 0.1) is 0 Å². The van der Waals surface area contributed by atoms with E-state index in [9.17, 15) is 4.79 Å². The molecule has 1 aromatic heterocycles. The lowest BCUT2D eigenvalue weighted by atomic mass is 10.1. The van der Waals surface area contributed by atoms with Crippen LogP contribution in [0.4, 0.5) is 0 Å². The van der Waals surface area contributed by atoms with Gasteiger partial charge in [-0.15, -0.1) is 6.58 Å². The number of fused-ring (bicyclic) bond motifs is 1. The van der Waals surface area contributed by atoms with Crippen LogP contribution in [0.25, 0.3) is 11.0 Å². The van der Waals surface area contributed by atoms with Crippen LogP contribution in [0.2, 0.25) is 0 Å². The fraction of sp³-hybridized carbons (Fsp3) is 0.238. The van der Waals surface area contributed by atoms with Gasteiger partial charge in [-0.3, -0.25) is 4.79 Å². The van der Waals surface area contributed by atoms with Gasteiger partial charge in [-0.2, -0.15) is 0 Å². The van der Waals surface area contributed by atoms with Crippen molar-refractivity contribution in [2.45, 2.75) is 18.9 Å². The molecule has 5 heteroatoms. The van der Waals surface area contributed by atoms with E-state index < -0.39 is 0 Å². The summed E-state index contributed by atoms with van der Waals surface area (Å²) in [6.07, 6.45) is 2.29. The molecule has 4 rings (SSSR count). The number of amides is 1. The summed E-state index contributed by atoms with van der Waals surface area (Å²) in [5.74, 6) is 1.29. The molecule has 1 aliphatic rings. The van der Waals surface area contributed by atoms with E-state index in [4.69, 9.17) is 4.98 Å². The zero-order valence-corrected chi connectivity index (χ0v) is 16.0. The molecule has 0 spiro atoms. The SMILES string of the molecule is C=CCN1CC(c2nc3ccccc3n2Cc2ccc(Br)cc2)CC1=O. The first-order valence-corrected chi connectivity index (χ1v) is 9.53. The van der Waals surface area contributed by atoms with E-state index in [1.807, 2.05) is 23.1 Å². The maximum atomic E-state index is 12.3. The predicted molar refractivity (Wildman–Crippen MR) is 107 cm³/mol. The van der Waals surface area contributed by atoms with Gasteiger partial charge in [-0.05, 0) is 29.8 Å². The highest BCUT2D eigenvalue weighted by atomic mass is 79.9. The number of rotatable bonds is 5. The summed E-state index contributed by atoms with van der Waals surface area (Å²) in [6, 6.07) is 16.5. The van der Waals surface area contributed by atoms with Crippen molar-refractivity contribution in [1.82, 2.24) is 14.5 Å². The van der Waals surface area contributed by atoms with E-state index in [-0.39, 0.29) is 11.8 Å². The van der Waals surface area contributed by atoms with Crippen molar-refractivity contribution in [3.05, 3.63) is 77.0 Å². The molecule has 0 radical (unpaired) electrons. The molecule has 132 valence electrons. The minimum Gasteiger partial charge on any atom is -0.338 e. The molecule has 0 aliphatic carbocycles. The van der Waals surface area contributed by atoms with Gasteiger partial charge >= 0.3 is 0 Å². The highest BCUT2D eigenvalue weighted by molar-refractivity contribution is 9.10. The Morgan fingerprint density at radius 1 is 1.19 bits per heavy atom. The molecule has 1 saturated heterocycles. The number of carbonyl (C=O) groups excluding carboxylic acids is 1. The molecule has 4 nitrogen and oxygen atoms in total. The molecule has 1 atom stereocenters. The molecule has 0 bridgehead atoms. The van der Waals surface area contributed by atoms with E-state index >= 15 is 0 Å². The second-order valence-corrected chi connectivity index (χ2v) is 7.58. The lowest BCUT2D eigenvalue weighted by molar-refractivity contribution is -0.127. The largest absolute Gasteiger partial charge is 0.338 e. The second-order valence-electron chi connectivity index (χ2n) is 6.66. The number of carbonyl (C=O) groups is 1. The topological polar surface area (TPSA) is 38.1 Å². The van der Waals surface area contributed by atoms with Gasteiger partial charge in [0.15, 0.2) is 0 Å². The maximum Gasteiger partial charge on any atom is 0.223 e. The van der Waals surface area contributed by atoms with Crippen molar-refractivity contribution in [3.8, 4) is 0 Å². The summed E-state index contributed by atoms with van der Waals surface area (Å²) in [5.41, 5.74) is 3.30. The monoisotopic (exact) mass is 409 g/mol. The summed E-state index contributed by atoms with van der Waals surface area (Å²) in [5, 5.41) is 0. The summed E-state index contributed by atoms with van der Waals surface area (Å²) >= 11 is 3.49. The van der Waals surface area contributed by atoms with Gasteiger partial charge in [0.1, 0.15) is 5.82 Å². The summed E-state index contributed by atoms with van der Waals surface area (Å²) < 4.78 is 3.33. The minimum atomic E-state index is 0.116. The van der Waals surface area contributed by atoms with Crippen molar-refractivity contribution in [1.29, 1.82) is 0 Å². The first kappa shape index (κ1) is 17.0. The number of halogens is 1. The molecular weight excluding hydrogens is 390 g/mol. The Morgan fingerprint density at radius 2 is 1.96 bits per heavy atom. The first-order valence-electron chi connectivity index (χ1n) is 8.74. The van der Waals surface area contributed by atoms with Crippen molar-refractivity contribution in [3.63, 3.8) is 0 Å². The van der Waals surface area contributed by atoms with Gasteiger partial charge in [0.05, 0.1) is 11.0 Å². The molecule has 2 aromatic carbocycles. The average Bonchev–Trinajstić information content (AvgIpc) is 3.18. The van der Waals surface area contributed by atoms with Crippen LogP contribution in [0.3, 0.4) is 0 Å². The number of nitrogens with zero attached hydrogens (tertiary/aromatic N) is 3. The zero-order chi connectivity index (χ0) is 18.1. The van der Waals surface area contributed by atoms with Crippen molar-refractivity contribution in [2.75, 3.05) is 13.1 Å². The normalized spacial score (nSPS) is 17.2. The highest BCUT2D eigenvalue weighted by Gasteiger charge is 2.33. The van der Waals surface area contributed by atoms with E-state index in [1.54, 1.807) is 6.08 Å². The van der Waals surface area contributed by atoms with Crippen LogP contribution in [0.5, 0.6) is 0 Å². The number of benzene rings is 2. The third kappa shape index (κ3) is 3.19. The number of likely N-dealkylation sites (tertiary alicyclic amines) is 1. The Hall–Kier alpha value is -2.40. The molecular formula is C21H20BrN3O. The second kappa shape index (κ2) is 7.08. The van der Waals surface area contributed by atoms with Crippen LogP contribution in [0.15, 0.2) is 65.7 Å². The standard InChI is InChI=1S/C21H20BrN3O/c1-2-11-24-14-16(12-20(24)26)21-23-18-5-3-4-6-19(18)25(21)13-15-7-9-17(22)10-8-15/h2-10,16H,1,11-14H2. The van der Waals surface area contributed by atoms with Crippen molar-refractivity contribution in [2.24, 2.45) is 0 Å². The molecule has 1 unspecified atom stereocenters. The minimum absolute atomic E-state index is 0.116. The fourth-order valence-corrected chi connectivity index (χ4v) is 3.89. The zero-order valence-electron chi connectivity index (χ0n) is 14.4. The van der Waals surface area contributed by atoms with Crippen LogP contribution in [-0.2, 0) is 11.3 Å². The Kier molecular flexibility index (Phi) is 4.64. The third-order valence-electron chi connectivity index (χ3n) is 4.87.